The first-order chi connectivity index (χ1) is 7.18. The SMILES string of the molecule is CC1COCCC1c1nc(C(=O)O)no1. The fraction of sp³-hybridized carbons (Fsp3) is 0.667. The van der Waals surface area contributed by atoms with Crippen molar-refractivity contribution in [3.8, 4) is 0 Å². The summed E-state index contributed by atoms with van der Waals surface area (Å²) in [6.07, 6.45) is 0.794. The van der Waals surface area contributed by atoms with E-state index < -0.39 is 5.97 Å². The van der Waals surface area contributed by atoms with E-state index in [1.54, 1.807) is 0 Å². The molecule has 15 heavy (non-hydrogen) atoms. The summed E-state index contributed by atoms with van der Waals surface area (Å²) in [5.41, 5.74) is 0. The van der Waals surface area contributed by atoms with Crippen molar-refractivity contribution in [2.24, 2.45) is 5.92 Å². The number of hydrogen-bond donors (Lipinski definition) is 1. The predicted molar refractivity (Wildman–Crippen MR) is 48.6 cm³/mol. The molecule has 1 N–H and O–H groups in total. The lowest BCUT2D eigenvalue weighted by Crippen LogP contribution is -2.23. The summed E-state index contributed by atoms with van der Waals surface area (Å²) in [6.45, 7) is 3.32. The average Bonchev–Trinajstić information content (AvgIpc) is 2.67. The molecule has 0 saturated carbocycles. The fourth-order valence-corrected chi connectivity index (χ4v) is 1.72. The Labute approximate surface area is 86.2 Å². The summed E-state index contributed by atoms with van der Waals surface area (Å²) in [7, 11) is 0. The Morgan fingerprint density at radius 1 is 1.60 bits per heavy atom. The highest BCUT2D eigenvalue weighted by Crippen LogP contribution is 2.30. The van der Waals surface area contributed by atoms with Gasteiger partial charge in [0.05, 0.1) is 0 Å². The highest BCUT2D eigenvalue weighted by Gasteiger charge is 2.29. The maximum atomic E-state index is 10.6. The van der Waals surface area contributed by atoms with Crippen LogP contribution in [-0.2, 0) is 4.74 Å². The van der Waals surface area contributed by atoms with Crippen molar-refractivity contribution in [3.05, 3.63) is 11.7 Å². The number of carboxylic acid groups (broad SMARTS) is 1. The second-order valence-corrected chi connectivity index (χ2v) is 3.71. The van der Waals surface area contributed by atoms with Crippen LogP contribution in [0.15, 0.2) is 4.52 Å². The van der Waals surface area contributed by atoms with Gasteiger partial charge in [-0.25, -0.2) is 4.79 Å². The van der Waals surface area contributed by atoms with Crippen molar-refractivity contribution < 1.29 is 19.2 Å². The molecule has 1 saturated heterocycles. The van der Waals surface area contributed by atoms with Gasteiger partial charge < -0.3 is 14.4 Å². The van der Waals surface area contributed by atoms with Crippen LogP contribution in [-0.4, -0.2) is 34.4 Å². The van der Waals surface area contributed by atoms with Crippen LogP contribution in [0.5, 0.6) is 0 Å². The highest BCUT2D eigenvalue weighted by molar-refractivity contribution is 5.82. The van der Waals surface area contributed by atoms with Gasteiger partial charge in [-0.05, 0) is 17.5 Å². The molecule has 0 amide bonds. The van der Waals surface area contributed by atoms with E-state index in [9.17, 15) is 4.79 Å². The minimum absolute atomic E-state index is 0.111. The highest BCUT2D eigenvalue weighted by atomic mass is 16.5. The standard InChI is InChI=1S/C9H12N2O4/c1-5-4-14-3-2-6(5)8-10-7(9(12)13)11-15-8/h5-6H,2-4H2,1H3,(H,12,13). The lowest BCUT2D eigenvalue weighted by atomic mass is 9.90. The van der Waals surface area contributed by atoms with Gasteiger partial charge in [-0.2, -0.15) is 4.98 Å². The van der Waals surface area contributed by atoms with E-state index in [1.165, 1.54) is 0 Å². The van der Waals surface area contributed by atoms with E-state index in [4.69, 9.17) is 14.4 Å². The van der Waals surface area contributed by atoms with E-state index >= 15 is 0 Å². The average molecular weight is 212 g/mol. The van der Waals surface area contributed by atoms with Gasteiger partial charge in [0.2, 0.25) is 5.89 Å². The second kappa shape index (κ2) is 3.98. The Balaban J connectivity index is 2.17. The van der Waals surface area contributed by atoms with Crippen LogP contribution >= 0.6 is 0 Å². The molecule has 2 unspecified atom stereocenters. The molecule has 2 atom stereocenters. The smallest absolute Gasteiger partial charge is 0.377 e. The van der Waals surface area contributed by atoms with Crippen molar-refractivity contribution in [3.63, 3.8) is 0 Å². The number of nitrogens with zero attached hydrogens (tertiary/aromatic N) is 2. The van der Waals surface area contributed by atoms with Crippen LogP contribution in [0, 0.1) is 5.92 Å². The first kappa shape index (κ1) is 10.1. The largest absolute Gasteiger partial charge is 0.475 e. The summed E-state index contributed by atoms with van der Waals surface area (Å²) >= 11 is 0. The van der Waals surface area contributed by atoms with Gasteiger partial charge in [0, 0.05) is 19.1 Å². The zero-order chi connectivity index (χ0) is 10.8. The molecular formula is C9H12N2O4. The molecule has 1 aromatic heterocycles. The Bertz CT molecular complexity index is 363. The lowest BCUT2D eigenvalue weighted by Gasteiger charge is -2.25. The van der Waals surface area contributed by atoms with E-state index in [2.05, 4.69) is 10.1 Å². The number of ether oxygens (including phenoxy) is 1. The van der Waals surface area contributed by atoms with Gasteiger partial charge >= 0.3 is 5.97 Å². The number of hydrogen-bond acceptors (Lipinski definition) is 5. The van der Waals surface area contributed by atoms with Gasteiger partial charge in [-0.15, -0.1) is 0 Å². The third-order valence-electron chi connectivity index (χ3n) is 2.59. The van der Waals surface area contributed by atoms with Gasteiger partial charge in [0.25, 0.3) is 5.82 Å². The zero-order valence-electron chi connectivity index (χ0n) is 8.34. The van der Waals surface area contributed by atoms with Gasteiger partial charge in [0.15, 0.2) is 0 Å². The van der Waals surface area contributed by atoms with Crippen molar-refractivity contribution in [2.45, 2.75) is 19.3 Å². The maximum absolute atomic E-state index is 10.6. The summed E-state index contributed by atoms with van der Waals surface area (Å²) in [5, 5.41) is 12.1. The molecular weight excluding hydrogens is 200 g/mol. The molecule has 0 bridgehead atoms. The van der Waals surface area contributed by atoms with E-state index in [0.717, 1.165) is 6.42 Å². The van der Waals surface area contributed by atoms with Crippen LogP contribution in [0.3, 0.4) is 0 Å². The van der Waals surface area contributed by atoms with Crippen LogP contribution in [0.25, 0.3) is 0 Å². The molecule has 0 aliphatic carbocycles. The van der Waals surface area contributed by atoms with Gasteiger partial charge in [-0.3, -0.25) is 0 Å². The molecule has 6 heteroatoms. The molecule has 0 radical (unpaired) electrons. The number of aromatic carboxylic acids is 1. The Morgan fingerprint density at radius 3 is 3.00 bits per heavy atom. The zero-order valence-corrected chi connectivity index (χ0v) is 8.34. The topological polar surface area (TPSA) is 85.5 Å². The molecule has 1 aliphatic heterocycles. The Morgan fingerprint density at radius 2 is 2.40 bits per heavy atom. The van der Waals surface area contributed by atoms with E-state index in [0.29, 0.717) is 19.1 Å². The Kier molecular flexibility index (Phi) is 2.68. The molecule has 82 valence electrons. The minimum atomic E-state index is -1.16. The molecule has 0 aromatic carbocycles. The minimum Gasteiger partial charge on any atom is -0.475 e. The molecule has 2 rings (SSSR count). The van der Waals surface area contributed by atoms with E-state index in [1.807, 2.05) is 6.92 Å². The fourth-order valence-electron chi connectivity index (χ4n) is 1.72. The van der Waals surface area contributed by atoms with Gasteiger partial charge in [0.1, 0.15) is 0 Å². The normalized spacial score (nSPS) is 26.5. The molecule has 2 heterocycles. The lowest BCUT2D eigenvalue weighted by molar-refractivity contribution is 0.0392. The first-order valence-corrected chi connectivity index (χ1v) is 4.83. The maximum Gasteiger partial charge on any atom is 0.377 e. The van der Waals surface area contributed by atoms with Crippen molar-refractivity contribution >= 4 is 5.97 Å². The Hall–Kier alpha value is -1.43. The third-order valence-corrected chi connectivity index (χ3v) is 2.59. The summed E-state index contributed by atoms with van der Waals surface area (Å²) in [4.78, 5) is 14.4. The third kappa shape index (κ3) is 1.99. The molecule has 1 aromatic rings. The van der Waals surface area contributed by atoms with Crippen LogP contribution in [0.2, 0.25) is 0 Å². The van der Waals surface area contributed by atoms with Crippen LogP contribution in [0.4, 0.5) is 0 Å². The first-order valence-electron chi connectivity index (χ1n) is 4.83. The molecule has 6 nitrogen and oxygen atoms in total. The van der Waals surface area contributed by atoms with Crippen molar-refractivity contribution in [2.75, 3.05) is 13.2 Å². The second-order valence-electron chi connectivity index (χ2n) is 3.71. The quantitative estimate of drug-likeness (QED) is 0.784. The van der Waals surface area contributed by atoms with Crippen molar-refractivity contribution in [1.82, 2.24) is 10.1 Å². The van der Waals surface area contributed by atoms with Crippen LogP contribution in [0.1, 0.15) is 35.8 Å². The molecule has 0 spiro atoms. The summed E-state index contributed by atoms with van der Waals surface area (Å²) in [5.74, 6) is -0.642. The van der Waals surface area contributed by atoms with Crippen molar-refractivity contribution in [1.29, 1.82) is 0 Å². The predicted octanol–water partition coefficient (Wildman–Crippen LogP) is 0.908. The summed E-state index contributed by atoms with van der Waals surface area (Å²) < 4.78 is 10.2. The van der Waals surface area contributed by atoms with Gasteiger partial charge in [-0.1, -0.05) is 6.92 Å². The van der Waals surface area contributed by atoms with E-state index in [-0.39, 0.29) is 17.7 Å². The summed E-state index contributed by atoms with van der Waals surface area (Å²) in [6, 6.07) is 0. The van der Waals surface area contributed by atoms with Crippen LogP contribution < -0.4 is 0 Å². The number of rotatable bonds is 2. The molecule has 1 fully saturated rings. The molecule has 1 aliphatic rings. The number of aromatic nitrogens is 2. The monoisotopic (exact) mass is 212 g/mol. The number of carboxylic acids is 1. The number of carbonyl (C=O) groups is 1.